The van der Waals surface area contributed by atoms with Crippen LogP contribution >= 0.6 is 23.2 Å². The molecule has 0 unspecified atom stereocenters. The van der Waals surface area contributed by atoms with Crippen LogP contribution in [-0.4, -0.2) is 11.5 Å². The van der Waals surface area contributed by atoms with Crippen molar-refractivity contribution in [2.24, 2.45) is 11.3 Å². The second-order valence-electron chi connectivity index (χ2n) is 5.18. The summed E-state index contributed by atoms with van der Waals surface area (Å²) in [5.41, 5.74) is 6.19. The molecule has 0 atom stereocenters. The zero-order chi connectivity index (χ0) is 12.0. The second kappa shape index (κ2) is 3.92. The van der Waals surface area contributed by atoms with Gasteiger partial charge in [0.2, 0.25) is 0 Å². The Balaban J connectivity index is 1.70. The summed E-state index contributed by atoms with van der Waals surface area (Å²) in [5, 5.41) is 4.27. The average molecular weight is 272 g/mol. The van der Waals surface area contributed by atoms with E-state index >= 15 is 0 Å². The minimum atomic E-state index is 0.329. The average Bonchev–Trinajstić information content (AvgIpc) is 3.14. The molecule has 2 fully saturated rings. The maximum absolute atomic E-state index is 6.08. The van der Waals surface area contributed by atoms with Crippen molar-refractivity contribution in [3.8, 4) is 0 Å². The first kappa shape index (κ1) is 11.4. The summed E-state index contributed by atoms with van der Waals surface area (Å²) in [5.74, 6) is 1.90. The Morgan fingerprint density at radius 3 is 2.65 bits per heavy atom. The molecule has 5 heteroatoms. The number of hydrogen-bond acceptors (Lipinski definition) is 3. The predicted molar refractivity (Wildman–Crippen MR) is 71.6 cm³/mol. The maximum Gasteiger partial charge on any atom is 0.147 e. The van der Waals surface area contributed by atoms with E-state index in [4.69, 9.17) is 28.9 Å². The summed E-state index contributed by atoms with van der Waals surface area (Å²) in [4.78, 5) is 4.19. The number of nitrogen functional groups attached to an aromatic ring is 1. The number of aromatic nitrogens is 1. The van der Waals surface area contributed by atoms with Gasteiger partial charge in [0.15, 0.2) is 0 Å². The van der Waals surface area contributed by atoms with Crippen LogP contribution in [0.5, 0.6) is 0 Å². The lowest BCUT2D eigenvalue weighted by atomic mass is 10.0. The molecule has 92 valence electrons. The zero-order valence-electron chi connectivity index (χ0n) is 9.47. The normalized spacial score (nSPS) is 21.3. The second-order valence-corrected chi connectivity index (χ2v) is 5.99. The van der Waals surface area contributed by atoms with Crippen LogP contribution in [0.1, 0.15) is 25.7 Å². The minimum absolute atomic E-state index is 0.329. The number of nitrogens with one attached hydrogen (secondary N) is 1. The molecule has 2 aliphatic carbocycles. The van der Waals surface area contributed by atoms with E-state index in [1.54, 1.807) is 6.07 Å². The fourth-order valence-electron chi connectivity index (χ4n) is 2.45. The van der Waals surface area contributed by atoms with Crippen molar-refractivity contribution in [1.29, 1.82) is 0 Å². The SMILES string of the molecule is Nc1nc(NCC2(C3CC3)CC2)c(Cl)cc1Cl. The minimum Gasteiger partial charge on any atom is -0.382 e. The van der Waals surface area contributed by atoms with E-state index in [2.05, 4.69) is 10.3 Å². The Morgan fingerprint density at radius 2 is 2.06 bits per heavy atom. The number of pyridine rings is 1. The summed E-state index contributed by atoms with van der Waals surface area (Å²) >= 11 is 11.9. The van der Waals surface area contributed by atoms with E-state index in [1.165, 1.54) is 25.7 Å². The van der Waals surface area contributed by atoms with Crippen LogP contribution in [0, 0.1) is 11.3 Å². The van der Waals surface area contributed by atoms with Crippen molar-refractivity contribution in [1.82, 2.24) is 4.98 Å². The molecular weight excluding hydrogens is 257 g/mol. The molecule has 1 aromatic heterocycles. The van der Waals surface area contributed by atoms with E-state index in [0.29, 0.717) is 27.1 Å². The van der Waals surface area contributed by atoms with E-state index in [-0.39, 0.29) is 0 Å². The van der Waals surface area contributed by atoms with Crippen molar-refractivity contribution < 1.29 is 0 Å². The number of nitrogens with two attached hydrogens (primary N) is 1. The lowest BCUT2D eigenvalue weighted by molar-refractivity contribution is 0.466. The van der Waals surface area contributed by atoms with Crippen LogP contribution in [0.3, 0.4) is 0 Å². The van der Waals surface area contributed by atoms with E-state index in [9.17, 15) is 0 Å². The summed E-state index contributed by atoms with van der Waals surface area (Å²) < 4.78 is 0. The van der Waals surface area contributed by atoms with Crippen molar-refractivity contribution in [3.63, 3.8) is 0 Å². The summed E-state index contributed by atoms with van der Waals surface area (Å²) in [6.07, 6.45) is 5.41. The third kappa shape index (κ3) is 2.18. The molecule has 0 aromatic carbocycles. The van der Waals surface area contributed by atoms with Gasteiger partial charge >= 0.3 is 0 Å². The lowest BCUT2D eigenvalue weighted by Crippen LogP contribution is -2.18. The monoisotopic (exact) mass is 271 g/mol. The zero-order valence-corrected chi connectivity index (χ0v) is 11.0. The topological polar surface area (TPSA) is 50.9 Å². The molecule has 2 saturated carbocycles. The van der Waals surface area contributed by atoms with Gasteiger partial charge in [-0.25, -0.2) is 4.98 Å². The van der Waals surface area contributed by atoms with Gasteiger partial charge in [0, 0.05) is 6.54 Å². The van der Waals surface area contributed by atoms with Crippen LogP contribution in [0.2, 0.25) is 10.0 Å². The standard InChI is InChI=1S/C12H15Cl2N3/c13-8-5-9(14)11(17-10(8)15)16-6-12(3-4-12)7-1-2-7/h5,7H,1-4,6H2,(H3,15,16,17). The van der Waals surface area contributed by atoms with Gasteiger partial charge < -0.3 is 11.1 Å². The molecule has 0 amide bonds. The van der Waals surface area contributed by atoms with Crippen molar-refractivity contribution in [2.45, 2.75) is 25.7 Å². The molecule has 0 spiro atoms. The molecular formula is C12H15Cl2N3. The Labute approximate surface area is 111 Å². The van der Waals surface area contributed by atoms with E-state index in [1.807, 2.05) is 0 Å². The largest absolute Gasteiger partial charge is 0.382 e. The molecule has 0 radical (unpaired) electrons. The van der Waals surface area contributed by atoms with E-state index < -0.39 is 0 Å². The van der Waals surface area contributed by atoms with Gasteiger partial charge in [-0.15, -0.1) is 0 Å². The quantitative estimate of drug-likeness (QED) is 0.880. The molecule has 3 rings (SSSR count). The highest BCUT2D eigenvalue weighted by Crippen LogP contribution is 2.61. The smallest absolute Gasteiger partial charge is 0.147 e. The van der Waals surface area contributed by atoms with Crippen LogP contribution in [0.25, 0.3) is 0 Å². The third-order valence-corrected chi connectivity index (χ3v) is 4.49. The highest BCUT2D eigenvalue weighted by atomic mass is 35.5. The van der Waals surface area contributed by atoms with Gasteiger partial charge in [0.05, 0.1) is 10.0 Å². The Morgan fingerprint density at radius 1 is 1.35 bits per heavy atom. The molecule has 17 heavy (non-hydrogen) atoms. The summed E-state index contributed by atoms with van der Waals surface area (Å²) in [6, 6.07) is 1.64. The Hall–Kier alpha value is -0.670. The van der Waals surface area contributed by atoms with Crippen LogP contribution < -0.4 is 11.1 Å². The first-order chi connectivity index (χ1) is 8.11. The summed E-state index contributed by atoms with van der Waals surface area (Å²) in [7, 11) is 0. The third-order valence-electron chi connectivity index (χ3n) is 3.90. The van der Waals surface area contributed by atoms with E-state index in [0.717, 1.165) is 12.5 Å². The molecule has 3 N–H and O–H groups in total. The number of halogens is 2. The number of rotatable bonds is 4. The van der Waals surface area contributed by atoms with Gasteiger partial charge in [-0.05, 0) is 43.1 Å². The highest BCUT2D eigenvalue weighted by Gasteiger charge is 2.53. The van der Waals surface area contributed by atoms with Gasteiger partial charge in [-0.1, -0.05) is 23.2 Å². The molecule has 2 aliphatic rings. The molecule has 0 saturated heterocycles. The van der Waals surface area contributed by atoms with Crippen molar-refractivity contribution in [3.05, 3.63) is 16.1 Å². The Kier molecular flexibility index (Phi) is 2.64. The molecule has 3 nitrogen and oxygen atoms in total. The van der Waals surface area contributed by atoms with Gasteiger partial charge in [-0.2, -0.15) is 0 Å². The molecule has 0 aliphatic heterocycles. The molecule has 1 aromatic rings. The van der Waals surface area contributed by atoms with Crippen molar-refractivity contribution in [2.75, 3.05) is 17.6 Å². The number of hydrogen-bond donors (Lipinski definition) is 2. The van der Waals surface area contributed by atoms with Crippen LogP contribution in [-0.2, 0) is 0 Å². The fourth-order valence-corrected chi connectivity index (χ4v) is 2.88. The number of nitrogens with zero attached hydrogens (tertiary/aromatic N) is 1. The van der Waals surface area contributed by atoms with Crippen LogP contribution in [0.15, 0.2) is 6.07 Å². The lowest BCUT2D eigenvalue weighted by Gasteiger charge is -2.16. The van der Waals surface area contributed by atoms with Gasteiger partial charge in [-0.3, -0.25) is 0 Å². The number of anilines is 2. The predicted octanol–water partition coefficient (Wildman–Crippen LogP) is 3.57. The molecule has 0 bridgehead atoms. The highest BCUT2D eigenvalue weighted by molar-refractivity contribution is 6.37. The summed E-state index contributed by atoms with van der Waals surface area (Å²) in [6.45, 7) is 0.950. The molecule has 1 heterocycles. The first-order valence-electron chi connectivity index (χ1n) is 5.96. The van der Waals surface area contributed by atoms with Crippen molar-refractivity contribution >= 4 is 34.8 Å². The van der Waals surface area contributed by atoms with Gasteiger partial charge in [0.25, 0.3) is 0 Å². The Bertz CT molecular complexity index is 453. The van der Waals surface area contributed by atoms with Gasteiger partial charge in [0.1, 0.15) is 11.6 Å². The fraction of sp³-hybridized carbons (Fsp3) is 0.583. The first-order valence-corrected chi connectivity index (χ1v) is 6.72. The van der Waals surface area contributed by atoms with Crippen LogP contribution in [0.4, 0.5) is 11.6 Å². The maximum atomic E-state index is 6.08.